The Kier molecular flexibility index (Phi) is 2.41. The first-order valence-electron chi connectivity index (χ1n) is 4.22. The van der Waals surface area contributed by atoms with Crippen LogP contribution in [0.3, 0.4) is 0 Å². The van der Waals surface area contributed by atoms with Gasteiger partial charge in [0.1, 0.15) is 5.82 Å². The second-order valence-electron chi connectivity index (χ2n) is 2.87. The first-order valence-corrected chi connectivity index (χ1v) is 5.00. The van der Waals surface area contributed by atoms with E-state index in [-0.39, 0.29) is 0 Å². The van der Waals surface area contributed by atoms with E-state index in [1.54, 1.807) is 6.20 Å². The van der Waals surface area contributed by atoms with Crippen molar-refractivity contribution in [1.82, 2.24) is 13.9 Å². The third-order valence-electron chi connectivity index (χ3n) is 1.89. The van der Waals surface area contributed by atoms with Crippen LogP contribution in [0.2, 0.25) is 0 Å². The van der Waals surface area contributed by atoms with E-state index in [4.69, 9.17) is 0 Å². The van der Waals surface area contributed by atoms with Gasteiger partial charge in [0.15, 0.2) is 5.82 Å². The van der Waals surface area contributed by atoms with Gasteiger partial charge in [0.05, 0.1) is 0 Å². The van der Waals surface area contributed by atoms with Crippen molar-refractivity contribution in [2.24, 2.45) is 12.0 Å². The monoisotopic (exact) mass is 206 g/mol. The quantitative estimate of drug-likeness (QED) is 0.708. The maximum absolute atomic E-state index is 4.37. The molecule has 5 heteroatoms. The first-order chi connectivity index (χ1) is 6.77. The number of aromatic nitrogens is 3. The Balaban J connectivity index is 2.50. The molecule has 4 nitrogen and oxygen atoms in total. The molecule has 2 aromatic rings. The molecule has 2 rings (SSSR count). The summed E-state index contributed by atoms with van der Waals surface area (Å²) in [5.74, 6) is 1.68. The Morgan fingerprint density at radius 3 is 2.86 bits per heavy atom. The van der Waals surface area contributed by atoms with Crippen LogP contribution in [0.15, 0.2) is 29.4 Å². The minimum Gasteiger partial charge on any atom is -0.307 e. The fourth-order valence-corrected chi connectivity index (χ4v) is 1.71. The topological polar surface area (TPSA) is 43.1 Å². The molecule has 0 unspecified atom stereocenters. The zero-order chi connectivity index (χ0) is 9.97. The minimum absolute atomic E-state index is 0.715. The van der Waals surface area contributed by atoms with Crippen molar-refractivity contribution >= 4 is 17.4 Å². The maximum Gasteiger partial charge on any atom is 0.210 e. The smallest absolute Gasteiger partial charge is 0.210 e. The van der Waals surface area contributed by atoms with Gasteiger partial charge in [-0.2, -0.15) is 9.37 Å². The predicted molar refractivity (Wildman–Crippen MR) is 55.3 cm³/mol. The molecule has 0 fully saturated rings. The molecule has 14 heavy (non-hydrogen) atoms. The molecule has 0 saturated carbocycles. The molecule has 0 aliphatic rings. The number of nitrogens with zero attached hydrogens (tertiary/aromatic N) is 4. The summed E-state index contributed by atoms with van der Waals surface area (Å²) < 4.78 is 6.14. The molecule has 0 aromatic carbocycles. The summed E-state index contributed by atoms with van der Waals surface area (Å²) >= 11 is 1.38. The van der Waals surface area contributed by atoms with Crippen LogP contribution in [0.4, 0.5) is 5.82 Å². The van der Waals surface area contributed by atoms with Crippen LogP contribution in [0.25, 0.3) is 0 Å². The zero-order valence-electron chi connectivity index (χ0n) is 8.01. The van der Waals surface area contributed by atoms with Gasteiger partial charge < -0.3 is 4.57 Å². The molecule has 0 amide bonds. The van der Waals surface area contributed by atoms with Crippen molar-refractivity contribution in [1.29, 1.82) is 0 Å². The standard InChI is InChI=1S/C9H10N4S/c1-7-12-14-9(13(7)2)11-8-5-3-4-6-10-8/h3-6H,1-2H3/b11-9-. The van der Waals surface area contributed by atoms with E-state index in [0.29, 0.717) is 5.82 Å². The normalized spacial score (nSPS) is 12.0. The molecule has 0 saturated heterocycles. The summed E-state index contributed by atoms with van der Waals surface area (Å²) in [5.41, 5.74) is 0. The highest BCUT2D eigenvalue weighted by Gasteiger charge is 1.96. The van der Waals surface area contributed by atoms with Crippen molar-refractivity contribution in [2.45, 2.75) is 6.92 Å². The second-order valence-corrected chi connectivity index (χ2v) is 3.60. The summed E-state index contributed by atoms with van der Waals surface area (Å²) in [4.78, 5) is 9.35. The Bertz CT molecular complexity index is 483. The van der Waals surface area contributed by atoms with Gasteiger partial charge in [0.25, 0.3) is 0 Å². The molecule has 72 valence electrons. The van der Waals surface area contributed by atoms with Gasteiger partial charge >= 0.3 is 0 Å². The fraction of sp³-hybridized carbons (Fsp3) is 0.222. The number of pyridine rings is 1. The van der Waals surface area contributed by atoms with Crippen molar-refractivity contribution < 1.29 is 0 Å². The summed E-state index contributed by atoms with van der Waals surface area (Å²) in [6.45, 7) is 1.95. The molecule has 0 radical (unpaired) electrons. The van der Waals surface area contributed by atoms with E-state index in [1.165, 1.54) is 11.5 Å². The third-order valence-corrected chi connectivity index (χ3v) is 2.78. The average molecular weight is 206 g/mol. The van der Waals surface area contributed by atoms with E-state index in [2.05, 4.69) is 14.3 Å². The zero-order valence-corrected chi connectivity index (χ0v) is 8.82. The van der Waals surface area contributed by atoms with Crippen LogP contribution in [0.5, 0.6) is 0 Å². The predicted octanol–water partition coefficient (Wildman–Crippen LogP) is 1.42. The van der Waals surface area contributed by atoms with Crippen LogP contribution in [0.1, 0.15) is 5.82 Å². The highest BCUT2D eigenvalue weighted by Crippen LogP contribution is 2.03. The average Bonchev–Trinajstić information content (AvgIpc) is 2.52. The highest BCUT2D eigenvalue weighted by molar-refractivity contribution is 7.02. The van der Waals surface area contributed by atoms with Gasteiger partial charge in [-0.25, -0.2) is 4.98 Å². The summed E-state index contributed by atoms with van der Waals surface area (Å²) in [6, 6.07) is 5.66. The molecule has 0 aliphatic heterocycles. The number of hydrogen-bond acceptors (Lipinski definition) is 4. The van der Waals surface area contributed by atoms with Crippen LogP contribution in [-0.2, 0) is 7.05 Å². The van der Waals surface area contributed by atoms with E-state index in [0.717, 1.165) is 10.6 Å². The van der Waals surface area contributed by atoms with Crippen molar-refractivity contribution in [3.63, 3.8) is 0 Å². The summed E-state index contributed by atoms with van der Waals surface area (Å²) in [7, 11) is 1.95. The van der Waals surface area contributed by atoms with E-state index in [1.807, 2.05) is 36.7 Å². The Morgan fingerprint density at radius 1 is 1.43 bits per heavy atom. The lowest BCUT2D eigenvalue weighted by atomic mass is 10.5. The number of rotatable bonds is 1. The van der Waals surface area contributed by atoms with E-state index >= 15 is 0 Å². The van der Waals surface area contributed by atoms with E-state index in [9.17, 15) is 0 Å². The maximum atomic E-state index is 4.37. The molecule has 2 heterocycles. The number of aryl methyl sites for hydroxylation is 1. The second kappa shape index (κ2) is 3.71. The van der Waals surface area contributed by atoms with Crippen LogP contribution >= 0.6 is 11.5 Å². The molecule has 0 atom stereocenters. The fourth-order valence-electron chi connectivity index (χ4n) is 0.981. The molecule has 2 aromatic heterocycles. The molecule has 0 N–H and O–H groups in total. The molecule has 0 spiro atoms. The van der Waals surface area contributed by atoms with Gasteiger partial charge in [-0.05, 0) is 19.1 Å². The molecule has 0 bridgehead atoms. The summed E-state index contributed by atoms with van der Waals surface area (Å²) in [5, 5.41) is 0. The van der Waals surface area contributed by atoms with Crippen molar-refractivity contribution in [3.05, 3.63) is 35.0 Å². The first kappa shape index (κ1) is 9.08. The van der Waals surface area contributed by atoms with Gasteiger partial charge in [-0.15, -0.1) is 0 Å². The van der Waals surface area contributed by atoms with Crippen LogP contribution < -0.4 is 4.80 Å². The minimum atomic E-state index is 0.715. The van der Waals surface area contributed by atoms with Gasteiger partial charge in [-0.1, -0.05) is 6.07 Å². The Hall–Kier alpha value is -1.49. The Morgan fingerprint density at radius 2 is 2.29 bits per heavy atom. The Labute approximate surface area is 85.8 Å². The highest BCUT2D eigenvalue weighted by atomic mass is 32.1. The summed E-state index contributed by atoms with van der Waals surface area (Å²) in [6.07, 6.45) is 1.73. The van der Waals surface area contributed by atoms with Gasteiger partial charge in [-0.3, -0.25) is 0 Å². The van der Waals surface area contributed by atoms with Crippen molar-refractivity contribution in [3.8, 4) is 0 Å². The third kappa shape index (κ3) is 1.72. The lowest BCUT2D eigenvalue weighted by Crippen LogP contribution is -2.10. The number of hydrogen-bond donors (Lipinski definition) is 0. The largest absolute Gasteiger partial charge is 0.307 e. The lowest BCUT2D eigenvalue weighted by Gasteiger charge is -1.92. The van der Waals surface area contributed by atoms with Gasteiger partial charge in [0.2, 0.25) is 4.80 Å². The molecule has 0 aliphatic carbocycles. The van der Waals surface area contributed by atoms with Crippen LogP contribution in [-0.4, -0.2) is 13.9 Å². The van der Waals surface area contributed by atoms with Crippen molar-refractivity contribution in [2.75, 3.05) is 0 Å². The molecular weight excluding hydrogens is 196 g/mol. The SMILES string of the molecule is Cc1ns/c(=N\c2ccccn2)n1C. The van der Waals surface area contributed by atoms with E-state index < -0.39 is 0 Å². The van der Waals surface area contributed by atoms with Crippen LogP contribution in [0, 0.1) is 6.92 Å². The van der Waals surface area contributed by atoms with Gasteiger partial charge in [0, 0.05) is 24.8 Å². The lowest BCUT2D eigenvalue weighted by molar-refractivity contribution is 0.812. The molecular formula is C9H10N4S.